The van der Waals surface area contributed by atoms with E-state index in [1.54, 1.807) is 23.8 Å². The maximum atomic E-state index is 13.5. The van der Waals surface area contributed by atoms with Gasteiger partial charge in [0.1, 0.15) is 10.7 Å². The summed E-state index contributed by atoms with van der Waals surface area (Å²) in [5, 5.41) is 5.79. The normalized spacial score (nSPS) is 13.6. The summed E-state index contributed by atoms with van der Waals surface area (Å²) in [5.74, 6) is 0.0976. The minimum absolute atomic E-state index is 0.0254. The summed E-state index contributed by atoms with van der Waals surface area (Å²) < 4.78 is 0. The van der Waals surface area contributed by atoms with Crippen molar-refractivity contribution in [2.45, 2.75) is 26.2 Å². The van der Waals surface area contributed by atoms with Crippen molar-refractivity contribution in [2.24, 2.45) is 0 Å². The molecule has 7 nitrogen and oxygen atoms in total. The molecule has 4 aromatic rings. The second-order valence-corrected chi connectivity index (χ2v) is 9.92. The Morgan fingerprint density at radius 2 is 1.74 bits per heavy atom. The fourth-order valence-electron chi connectivity index (χ4n) is 4.04. The standard InChI is InChI=1S/C25H23N5O2S2/c1-16-19(25(32)30-13-6-3-7-14-30)23(34-20(16)17-9-4-2-5-10-17)29-22(31)18-15-33-24(28-18)21-26-11-8-12-27-21/h2,4-5,8-12,15H,3,6-7,13-14H2,1H3,(H,29,31). The van der Waals surface area contributed by atoms with Crippen molar-refractivity contribution in [2.75, 3.05) is 18.4 Å². The molecule has 5 rings (SSSR count). The minimum atomic E-state index is -0.355. The molecule has 0 bridgehead atoms. The van der Waals surface area contributed by atoms with Gasteiger partial charge in [-0.25, -0.2) is 15.0 Å². The summed E-state index contributed by atoms with van der Waals surface area (Å²) in [7, 11) is 0. The van der Waals surface area contributed by atoms with Gasteiger partial charge in [-0.2, -0.15) is 0 Å². The second kappa shape index (κ2) is 9.82. The predicted molar refractivity (Wildman–Crippen MR) is 135 cm³/mol. The maximum Gasteiger partial charge on any atom is 0.275 e. The lowest BCUT2D eigenvalue weighted by Crippen LogP contribution is -2.36. The van der Waals surface area contributed by atoms with Crippen LogP contribution in [0.2, 0.25) is 0 Å². The number of thiazole rings is 1. The number of piperidine rings is 1. The van der Waals surface area contributed by atoms with Crippen molar-refractivity contribution in [3.05, 3.63) is 71.0 Å². The highest BCUT2D eigenvalue weighted by atomic mass is 32.1. The topological polar surface area (TPSA) is 88.1 Å². The molecular weight excluding hydrogens is 466 g/mol. The second-order valence-electron chi connectivity index (χ2n) is 8.04. The van der Waals surface area contributed by atoms with E-state index in [4.69, 9.17) is 0 Å². The number of nitrogens with one attached hydrogen (secondary N) is 1. The number of hydrogen-bond donors (Lipinski definition) is 1. The fourth-order valence-corrected chi connectivity index (χ4v) is 5.98. The Morgan fingerprint density at radius 3 is 2.47 bits per heavy atom. The molecule has 9 heteroatoms. The highest BCUT2D eigenvalue weighted by molar-refractivity contribution is 7.20. The lowest BCUT2D eigenvalue weighted by molar-refractivity contribution is 0.0725. The number of likely N-dealkylation sites (tertiary alicyclic amines) is 1. The molecule has 1 N–H and O–H groups in total. The number of benzene rings is 1. The Bertz CT molecular complexity index is 1310. The number of anilines is 1. The molecular formula is C25H23N5O2S2. The molecule has 1 aliphatic heterocycles. The molecule has 3 aromatic heterocycles. The van der Waals surface area contributed by atoms with Crippen LogP contribution in [0.3, 0.4) is 0 Å². The molecule has 1 saturated heterocycles. The molecule has 2 amide bonds. The molecule has 0 spiro atoms. The lowest BCUT2D eigenvalue weighted by atomic mass is 10.0. The first-order valence-electron chi connectivity index (χ1n) is 11.1. The average molecular weight is 490 g/mol. The van der Waals surface area contributed by atoms with Crippen molar-refractivity contribution in [1.29, 1.82) is 0 Å². The number of thiophene rings is 1. The smallest absolute Gasteiger partial charge is 0.275 e. The van der Waals surface area contributed by atoms with Crippen LogP contribution in [0.1, 0.15) is 45.7 Å². The molecule has 0 saturated carbocycles. The van der Waals surface area contributed by atoms with E-state index >= 15 is 0 Å². The zero-order chi connectivity index (χ0) is 23.5. The third-order valence-electron chi connectivity index (χ3n) is 5.76. The molecule has 0 radical (unpaired) electrons. The van der Waals surface area contributed by atoms with Gasteiger partial charge >= 0.3 is 0 Å². The average Bonchev–Trinajstić information content (AvgIpc) is 3.50. The van der Waals surface area contributed by atoms with Crippen LogP contribution < -0.4 is 5.32 Å². The highest BCUT2D eigenvalue weighted by Gasteiger charge is 2.28. The number of hydrogen-bond acceptors (Lipinski definition) is 7. The number of nitrogens with zero attached hydrogens (tertiary/aromatic N) is 4. The van der Waals surface area contributed by atoms with Gasteiger partial charge in [-0.3, -0.25) is 9.59 Å². The van der Waals surface area contributed by atoms with Gasteiger partial charge in [0.05, 0.1) is 5.56 Å². The van der Waals surface area contributed by atoms with Crippen LogP contribution >= 0.6 is 22.7 Å². The Hall–Kier alpha value is -3.43. The van der Waals surface area contributed by atoms with Crippen molar-refractivity contribution < 1.29 is 9.59 Å². The Labute approximate surface area is 205 Å². The van der Waals surface area contributed by atoms with Crippen LogP contribution in [0.25, 0.3) is 21.3 Å². The van der Waals surface area contributed by atoms with Crippen LogP contribution in [-0.2, 0) is 0 Å². The molecule has 1 fully saturated rings. The Kier molecular flexibility index (Phi) is 6.46. The Balaban J connectivity index is 1.48. The largest absolute Gasteiger partial charge is 0.339 e. The van der Waals surface area contributed by atoms with Crippen LogP contribution in [0.5, 0.6) is 0 Å². The van der Waals surface area contributed by atoms with E-state index in [2.05, 4.69) is 20.3 Å². The highest BCUT2D eigenvalue weighted by Crippen LogP contribution is 2.41. The lowest BCUT2D eigenvalue weighted by Gasteiger charge is -2.27. The maximum absolute atomic E-state index is 13.5. The van der Waals surface area contributed by atoms with Gasteiger partial charge in [0.15, 0.2) is 10.8 Å². The van der Waals surface area contributed by atoms with Crippen molar-refractivity contribution >= 4 is 39.5 Å². The van der Waals surface area contributed by atoms with Gasteiger partial charge in [0, 0.05) is 35.7 Å². The van der Waals surface area contributed by atoms with Gasteiger partial charge < -0.3 is 10.2 Å². The van der Waals surface area contributed by atoms with Crippen LogP contribution in [0.4, 0.5) is 5.00 Å². The number of carbonyl (C=O) groups is 2. The third-order valence-corrected chi connectivity index (χ3v) is 7.86. The van der Waals surface area contributed by atoms with Crippen LogP contribution in [0, 0.1) is 6.92 Å². The fraction of sp³-hybridized carbons (Fsp3) is 0.240. The molecule has 34 heavy (non-hydrogen) atoms. The summed E-state index contributed by atoms with van der Waals surface area (Å²) in [6, 6.07) is 11.7. The first-order chi connectivity index (χ1) is 16.6. The monoisotopic (exact) mass is 489 g/mol. The SMILES string of the molecule is Cc1c(-c2ccccc2)sc(NC(=O)c2csc(-c3ncccn3)n2)c1C(=O)N1CCCCC1. The van der Waals surface area contributed by atoms with Gasteiger partial charge in [0.25, 0.3) is 11.8 Å². The minimum Gasteiger partial charge on any atom is -0.339 e. The van der Waals surface area contributed by atoms with Crippen molar-refractivity contribution in [3.63, 3.8) is 0 Å². The van der Waals surface area contributed by atoms with E-state index in [-0.39, 0.29) is 17.5 Å². The van der Waals surface area contributed by atoms with Gasteiger partial charge in [-0.1, -0.05) is 30.3 Å². The summed E-state index contributed by atoms with van der Waals surface area (Å²) in [6.45, 7) is 3.45. The summed E-state index contributed by atoms with van der Waals surface area (Å²) >= 11 is 2.74. The van der Waals surface area contributed by atoms with Crippen LogP contribution in [0.15, 0.2) is 54.2 Å². The molecule has 172 valence electrons. The number of amides is 2. The first kappa shape index (κ1) is 22.4. The Morgan fingerprint density at radius 1 is 1.00 bits per heavy atom. The van der Waals surface area contributed by atoms with E-state index in [9.17, 15) is 9.59 Å². The number of rotatable bonds is 5. The molecule has 0 unspecified atom stereocenters. The first-order valence-corrected chi connectivity index (χ1v) is 12.8. The van der Waals surface area contributed by atoms with Crippen LogP contribution in [-0.4, -0.2) is 44.8 Å². The number of carbonyl (C=O) groups excluding carboxylic acids is 2. The van der Waals surface area contributed by atoms with E-state index < -0.39 is 0 Å². The summed E-state index contributed by atoms with van der Waals surface area (Å²) in [4.78, 5) is 42.4. The quantitative estimate of drug-likeness (QED) is 0.399. The third kappa shape index (κ3) is 4.49. The molecule has 0 aliphatic carbocycles. The van der Waals surface area contributed by atoms with E-state index in [0.29, 0.717) is 21.4 Å². The number of aromatic nitrogens is 3. The van der Waals surface area contributed by atoms with Gasteiger partial charge in [-0.05, 0) is 43.4 Å². The molecule has 0 atom stereocenters. The van der Waals surface area contributed by atoms with E-state index in [0.717, 1.165) is 48.4 Å². The summed E-state index contributed by atoms with van der Waals surface area (Å²) in [6.07, 6.45) is 6.43. The molecule has 4 heterocycles. The van der Waals surface area contributed by atoms with E-state index in [1.165, 1.54) is 22.7 Å². The van der Waals surface area contributed by atoms with Gasteiger partial charge in [0.2, 0.25) is 0 Å². The summed E-state index contributed by atoms with van der Waals surface area (Å²) in [5.41, 5.74) is 2.76. The zero-order valence-corrected chi connectivity index (χ0v) is 20.3. The van der Waals surface area contributed by atoms with Crippen molar-refractivity contribution in [1.82, 2.24) is 19.9 Å². The molecule has 1 aliphatic rings. The van der Waals surface area contributed by atoms with E-state index in [1.807, 2.05) is 42.2 Å². The van der Waals surface area contributed by atoms with Gasteiger partial charge in [-0.15, -0.1) is 22.7 Å². The van der Waals surface area contributed by atoms with Crippen molar-refractivity contribution in [3.8, 4) is 21.3 Å². The molecule has 1 aromatic carbocycles. The predicted octanol–water partition coefficient (Wildman–Crippen LogP) is 5.52. The zero-order valence-electron chi connectivity index (χ0n) is 18.7.